The zero-order chi connectivity index (χ0) is 16.8. The maximum atomic E-state index is 12.0. The van der Waals surface area contributed by atoms with Crippen molar-refractivity contribution in [3.05, 3.63) is 53.6 Å². The van der Waals surface area contributed by atoms with Gasteiger partial charge in [-0.2, -0.15) is 0 Å². The first-order chi connectivity index (χ1) is 11.0. The summed E-state index contributed by atoms with van der Waals surface area (Å²) < 4.78 is 10.7. The van der Waals surface area contributed by atoms with E-state index in [9.17, 15) is 9.59 Å². The summed E-state index contributed by atoms with van der Waals surface area (Å²) in [7, 11) is 1.49. The van der Waals surface area contributed by atoms with Crippen LogP contribution in [0.5, 0.6) is 11.5 Å². The average Bonchev–Trinajstić information content (AvgIpc) is 2.54. The molecule has 2 aromatic rings. The van der Waals surface area contributed by atoms with E-state index in [1.54, 1.807) is 18.2 Å². The van der Waals surface area contributed by atoms with Gasteiger partial charge in [-0.15, -0.1) is 0 Å². The number of methoxy groups -OCH3 is 1. The van der Waals surface area contributed by atoms with Gasteiger partial charge >= 0.3 is 0 Å². The first-order valence-electron chi connectivity index (χ1n) is 7.18. The molecular formula is C18H19NO4. The van der Waals surface area contributed by atoms with Crippen molar-refractivity contribution < 1.29 is 19.1 Å². The molecule has 5 nitrogen and oxygen atoms in total. The molecule has 0 aliphatic heterocycles. The quantitative estimate of drug-likeness (QED) is 0.832. The molecule has 0 atom stereocenters. The van der Waals surface area contributed by atoms with Crippen molar-refractivity contribution in [1.29, 1.82) is 0 Å². The first-order valence-corrected chi connectivity index (χ1v) is 7.18. The number of anilines is 1. The summed E-state index contributed by atoms with van der Waals surface area (Å²) in [6.45, 7) is 3.25. The van der Waals surface area contributed by atoms with E-state index in [-0.39, 0.29) is 18.3 Å². The maximum Gasteiger partial charge on any atom is 0.262 e. The molecule has 0 aliphatic carbocycles. The van der Waals surface area contributed by atoms with Gasteiger partial charge in [-0.05, 0) is 43.7 Å². The van der Waals surface area contributed by atoms with Crippen molar-refractivity contribution >= 4 is 17.4 Å². The maximum absolute atomic E-state index is 12.0. The molecule has 1 N–H and O–H groups in total. The molecule has 120 valence electrons. The number of ketones is 1. The fourth-order valence-electron chi connectivity index (χ4n) is 2.05. The second-order valence-electron chi connectivity index (χ2n) is 5.07. The summed E-state index contributed by atoms with van der Waals surface area (Å²) >= 11 is 0. The summed E-state index contributed by atoms with van der Waals surface area (Å²) in [5.74, 6) is 0.503. The molecule has 23 heavy (non-hydrogen) atoms. The Morgan fingerprint density at radius 3 is 2.48 bits per heavy atom. The zero-order valence-electron chi connectivity index (χ0n) is 13.4. The normalized spacial score (nSPS) is 10.0. The van der Waals surface area contributed by atoms with Crippen LogP contribution < -0.4 is 14.8 Å². The predicted octanol–water partition coefficient (Wildman–Crippen LogP) is 3.22. The van der Waals surface area contributed by atoms with Crippen molar-refractivity contribution in [1.82, 2.24) is 0 Å². The number of amides is 1. The van der Waals surface area contributed by atoms with Gasteiger partial charge in [0.1, 0.15) is 0 Å². The summed E-state index contributed by atoms with van der Waals surface area (Å²) in [5, 5.41) is 2.79. The van der Waals surface area contributed by atoms with E-state index in [0.29, 0.717) is 17.1 Å². The summed E-state index contributed by atoms with van der Waals surface area (Å²) in [4.78, 5) is 23.3. The second kappa shape index (κ2) is 7.45. The Kier molecular flexibility index (Phi) is 5.36. The van der Waals surface area contributed by atoms with E-state index in [0.717, 1.165) is 11.3 Å². The molecule has 0 heterocycles. The van der Waals surface area contributed by atoms with E-state index in [2.05, 4.69) is 5.32 Å². The topological polar surface area (TPSA) is 64.6 Å². The molecule has 0 bridgehead atoms. The van der Waals surface area contributed by atoms with E-state index in [4.69, 9.17) is 9.47 Å². The van der Waals surface area contributed by atoms with Crippen LogP contribution in [0.15, 0.2) is 42.5 Å². The minimum absolute atomic E-state index is 0.0628. The number of aryl methyl sites for hydroxylation is 1. The molecule has 2 aromatic carbocycles. The number of para-hydroxylation sites is 1. The fraction of sp³-hybridized carbons (Fsp3) is 0.222. The molecule has 1 amide bonds. The Bertz CT molecular complexity index is 725. The monoisotopic (exact) mass is 313 g/mol. The third kappa shape index (κ3) is 4.32. The van der Waals surface area contributed by atoms with Gasteiger partial charge in [-0.25, -0.2) is 0 Å². The Hall–Kier alpha value is -2.82. The van der Waals surface area contributed by atoms with Crippen LogP contribution in [0.3, 0.4) is 0 Å². The number of rotatable bonds is 6. The molecule has 0 fully saturated rings. The number of hydrogen-bond donors (Lipinski definition) is 1. The highest BCUT2D eigenvalue weighted by Crippen LogP contribution is 2.28. The highest BCUT2D eigenvalue weighted by molar-refractivity contribution is 5.95. The smallest absolute Gasteiger partial charge is 0.262 e. The molecule has 2 rings (SSSR count). The Morgan fingerprint density at radius 2 is 1.83 bits per heavy atom. The molecule has 0 radical (unpaired) electrons. The van der Waals surface area contributed by atoms with Gasteiger partial charge in [0.2, 0.25) is 0 Å². The summed E-state index contributed by atoms with van der Waals surface area (Å²) in [6, 6.07) is 12.4. The average molecular weight is 313 g/mol. The van der Waals surface area contributed by atoms with Crippen LogP contribution >= 0.6 is 0 Å². The zero-order valence-corrected chi connectivity index (χ0v) is 13.4. The van der Waals surface area contributed by atoms with Crippen molar-refractivity contribution in [2.45, 2.75) is 13.8 Å². The number of benzene rings is 2. The number of Topliss-reactive ketones (excluding diaryl/α,β-unsaturated/α-hetero) is 1. The molecule has 0 saturated carbocycles. The lowest BCUT2D eigenvalue weighted by molar-refractivity contribution is -0.118. The standard InChI is InChI=1S/C18H19NO4/c1-12-6-4-5-7-15(12)19-18(21)11-23-16-9-8-14(13(2)20)10-17(16)22-3/h4-10H,11H2,1-3H3,(H,19,21). The van der Waals surface area contributed by atoms with Crippen LogP contribution in [-0.2, 0) is 4.79 Å². The fourth-order valence-corrected chi connectivity index (χ4v) is 2.05. The van der Waals surface area contributed by atoms with Crippen LogP contribution in [0, 0.1) is 6.92 Å². The van der Waals surface area contributed by atoms with Gasteiger partial charge in [-0.3, -0.25) is 9.59 Å². The molecule has 0 spiro atoms. The van der Waals surface area contributed by atoms with Gasteiger partial charge in [0.05, 0.1) is 7.11 Å². The highest BCUT2D eigenvalue weighted by Gasteiger charge is 2.11. The third-order valence-corrected chi connectivity index (χ3v) is 3.35. The van der Waals surface area contributed by atoms with Gasteiger partial charge in [0.25, 0.3) is 5.91 Å². The van der Waals surface area contributed by atoms with Crippen LogP contribution in [-0.4, -0.2) is 25.4 Å². The Morgan fingerprint density at radius 1 is 1.09 bits per heavy atom. The summed E-state index contributed by atoms with van der Waals surface area (Å²) in [5.41, 5.74) is 2.25. The lowest BCUT2D eigenvalue weighted by atomic mass is 10.1. The van der Waals surface area contributed by atoms with Crippen LogP contribution in [0.4, 0.5) is 5.69 Å². The van der Waals surface area contributed by atoms with Crippen molar-refractivity contribution in [3.63, 3.8) is 0 Å². The first kappa shape index (κ1) is 16.5. The number of ether oxygens (including phenoxy) is 2. The van der Waals surface area contributed by atoms with Crippen molar-refractivity contribution in [3.8, 4) is 11.5 Å². The molecule has 0 aromatic heterocycles. The molecule has 0 aliphatic rings. The van der Waals surface area contributed by atoms with Crippen molar-refractivity contribution in [2.75, 3.05) is 19.0 Å². The van der Waals surface area contributed by atoms with Gasteiger partial charge < -0.3 is 14.8 Å². The van der Waals surface area contributed by atoms with Crippen LogP contribution in [0.2, 0.25) is 0 Å². The minimum atomic E-state index is -0.267. The molecular weight excluding hydrogens is 294 g/mol. The Balaban J connectivity index is 2.01. The van der Waals surface area contributed by atoms with Gasteiger partial charge in [0.15, 0.2) is 23.9 Å². The largest absolute Gasteiger partial charge is 0.493 e. The highest BCUT2D eigenvalue weighted by atomic mass is 16.5. The van der Waals surface area contributed by atoms with Crippen LogP contribution in [0.25, 0.3) is 0 Å². The molecule has 0 unspecified atom stereocenters. The number of nitrogens with one attached hydrogen (secondary N) is 1. The SMILES string of the molecule is COc1cc(C(C)=O)ccc1OCC(=O)Nc1ccccc1C. The predicted molar refractivity (Wildman–Crippen MR) is 88.3 cm³/mol. The van der Waals surface area contributed by atoms with E-state index < -0.39 is 0 Å². The lowest BCUT2D eigenvalue weighted by Gasteiger charge is -2.12. The molecule has 5 heteroatoms. The number of carbonyl (C=O) groups excluding carboxylic acids is 2. The van der Waals surface area contributed by atoms with E-state index in [1.807, 2.05) is 31.2 Å². The second-order valence-corrected chi connectivity index (χ2v) is 5.07. The summed E-state index contributed by atoms with van der Waals surface area (Å²) in [6.07, 6.45) is 0. The third-order valence-electron chi connectivity index (χ3n) is 3.35. The van der Waals surface area contributed by atoms with Crippen LogP contribution in [0.1, 0.15) is 22.8 Å². The number of hydrogen-bond acceptors (Lipinski definition) is 4. The van der Waals surface area contributed by atoms with Crippen molar-refractivity contribution in [2.24, 2.45) is 0 Å². The van der Waals surface area contributed by atoms with E-state index >= 15 is 0 Å². The van der Waals surface area contributed by atoms with Gasteiger partial charge in [0, 0.05) is 11.3 Å². The molecule has 0 saturated heterocycles. The minimum Gasteiger partial charge on any atom is -0.493 e. The number of carbonyl (C=O) groups is 2. The van der Waals surface area contributed by atoms with Gasteiger partial charge in [-0.1, -0.05) is 18.2 Å². The lowest BCUT2D eigenvalue weighted by Crippen LogP contribution is -2.20. The Labute approximate surface area is 135 Å². The van der Waals surface area contributed by atoms with E-state index in [1.165, 1.54) is 14.0 Å².